The molecule has 0 aliphatic carbocycles. The second-order valence-electron chi connectivity index (χ2n) is 7.56. The number of hydrogen-bond donors (Lipinski definition) is 0. The molecule has 5 heteroatoms. The number of ether oxygens (including phenoxy) is 1. The molecule has 0 atom stereocenters. The number of nitrogens with zero attached hydrogens (tertiary/aromatic N) is 3. The molecule has 0 amide bonds. The van der Waals surface area contributed by atoms with Crippen LogP contribution in [0.1, 0.15) is 32.8 Å². The summed E-state index contributed by atoms with van der Waals surface area (Å²) in [5, 5.41) is 17.4. The molecule has 3 aromatic carbocycles. The van der Waals surface area contributed by atoms with E-state index in [9.17, 15) is 4.79 Å². The molecule has 0 N–H and O–H groups in total. The minimum Gasteiger partial charge on any atom is -0.426 e. The third-order valence-corrected chi connectivity index (χ3v) is 4.98. The van der Waals surface area contributed by atoms with Gasteiger partial charge in [0.25, 0.3) is 0 Å². The van der Waals surface area contributed by atoms with Gasteiger partial charge in [0.15, 0.2) is 0 Å². The number of benzene rings is 3. The Hall–Kier alpha value is -3.78. The van der Waals surface area contributed by atoms with E-state index in [2.05, 4.69) is 16.3 Å². The van der Waals surface area contributed by atoms with Crippen molar-refractivity contribution in [2.24, 2.45) is 15.6 Å². The molecule has 0 saturated carbocycles. The molecule has 0 radical (unpaired) electrons. The maximum absolute atomic E-state index is 12.1. The van der Waals surface area contributed by atoms with Crippen LogP contribution in [0.2, 0.25) is 0 Å². The zero-order chi connectivity index (χ0) is 21.6. The molecule has 30 heavy (non-hydrogen) atoms. The molecule has 0 saturated heterocycles. The minimum atomic E-state index is -0.512. The van der Waals surface area contributed by atoms with Gasteiger partial charge in [-0.05, 0) is 79.9 Å². The molecule has 0 aliphatic rings. The van der Waals surface area contributed by atoms with Crippen LogP contribution in [0.4, 0.5) is 11.4 Å². The molecule has 150 valence electrons. The molecular weight excluding hydrogens is 374 g/mol. The van der Waals surface area contributed by atoms with Crippen LogP contribution in [0.3, 0.4) is 0 Å². The lowest BCUT2D eigenvalue weighted by molar-refractivity contribution is -0.144. The zero-order valence-corrected chi connectivity index (χ0v) is 17.3. The average molecular weight is 397 g/mol. The lowest BCUT2D eigenvalue weighted by Gasteiger charge is -2.19. The Balaban J connectivity index is 1.64. The Morgan fingerprint density at radius 1 is 0.867 bits per heavy atom. The maximum Gasteiger partial charge on any atom is 0.316 e. The molecule has 3 aromatic rings. The highest BCUT2D eigenvalue weighted by molar-refractivity contribution is 5.78. The molecule has 0 bridgehead atoms. The van der Waals surface area contributed by atoms with Gasteiger partial charge >= 0.3 is 5.97 Å². The van der Waals surface area contributed by atoms with Crippen molar-refractivity contribution in [1.29, 1.82) is 5.26 Å². The summed E-state index contributed by atoms with van der Waals surface area (Å²) in [5.74, 6) is 0.244. The maximum atomic E-state index is 12.1. The number of rotatable bonds is 6. The van der Waals surface area contributed by atoms with E-state index < -0.39 is 5.41 Å². The lowest BCUT2D eigenvalue weighted by Crippen LogP contribution is -2.28. The van der Waals surface area contributed by atoms with Gasteiger partial charge in [-0.2, -0.15) is 15.5 Å². The molecule has 0 aromatic heterocycles. The monoisotopic (exact) mass is 397 g/mol. The first-order valence-electron chi connectivity index (χ1n) is 9.76. The largest absolute Gasteiger partial charge is 0.426 e. The van der Waals surface area contributed by atoms with Gasteiger partial charge in [0.05, 0.1) is 28.4 Å². The number of carbonyl (C=O) groups is 1. The molecule has 5 nitrogen and oxygen atoms in total. The van der Waals surface area contributed by atoms with Gasteiger partial charge in [0.1, 0.15) is 5.75 Å². The minimum absolute atomic E-state index is 0.248. The zero-order valence-electron chi connectivity index (χ0n) is 17.3. The fourth-order valence-corrected chi connectivity index (χ4v) is 2.54. The summed E-state index contributed by atoms with van der Waals surface area (Å²) in [6.07, 6.45) is 0.710. The van der Waals surface area contributed by atoms with E-state index in [0.29, 0.717) is 23.4 Å². The number of carbonyl (C=O) groups excluding carboxylic acids is 1. The Bertz CT molecular complexity index is 1080. The van der Waals surface area contributed by atoms with Gasteiger partial charge in [-0.25, -0.2) is 0 Å². The van der Waals surface area contributed by atoms with E-state index in [1.165, 1.54) is 0 Å². The predicted molar refractivity (Wildman–Crippen MR) is 117 cm³/mol. The van der Waals surface area contributed by atoms with Crippen LogP contribution in [0.15, 0.2) is 83.0 Å². The molecule has 0 fully saturated rings. The Morgan fingerprint density at radius 2 is 1.33 bits per heavy atom. The third-order valence-electron chi connectivity index (χ3n) is 4.98. The van der Waals surface area contributed by atoms with Crippen molar-refractivity contribution in [2.75, 3.05) is 0 Å². The summed E-state index contributed by atoms with van der Waals surface area (Å²) in [4.78, 5) is 12.1. The van der Waals surface area contributed by atoms with Crippen molar-refractivity contribution in [3.05, 3.63) is 78.4 Å². The van der Waals surface area contributed by atoms with Gasteiger partial charge in [0.2, 0.25) is 0 Å². The van der Waals surface area contributed by atoms with E-state index in [1.807, 2.05) is 57.2 Å². The first kappa shape index (κ1) is 20.9. The standard InChI is InChI=1S/C25H23N3O2/c1-4-25(2,3)24(29)30-23-15-13-22(14-16-23)28-27-21-11-9-20(10-12-21)19-7-5-18(17-26)6-8-19/h5-16H,4H2,1-3H3/b28-27+. The van der Waals surface area contributed by atoms with E-state index in [1.54, 1.807) is 36.4 Å². The normalized spacial score (nSPS) is 11.3. The van der Waals surface area contributed by atoms with E-state index >= 15 is 0 Å². The Morgan fingerprint density at radius 3 is 1.80 bits per heavy atom. The van der Waals surface area contributed by atoms with E-state index in [0.717, 1.165) is 16.8 Å². The summed E-state index contributed by atoms with van der Waals surface area (Å²) in [6, 6.07) is 24.2. The first-order chi connectivity index (χ1) is 14.4. The summed E-state index contributed by atoms with van der Waals surface area (Å²) in [6.45, 7) is 5.69. The van der Waals surface area contributed by atoms with Crippen molar-refractivity contribution in [3.63, 3.8) is 0 Å². The highest BCUT2D eigenvalue weighted by Crippen LogP contribution is 2.27. The number of nitriles is 1. The molecule has 0 spiro atoms. The third kappa shape index (κ3) is 5.18. The molecule has 3 rings (SSSR count). The molecule has 0 aliphatic heterocycles. The summed E-state index contributed by atoms with van der Waals surface area (Å²) < 4.78 is 5.43. The quantitative estimate of drug-likeness (QED) is 0.256. The molecular formula is C25H23N3O2. The van der Waals surface area contributed by atoms with Crippen LogP contribution in [-0.4, -0.2) is 5.97 Å². The topological polar surface area (TPSA) is 74.8 Å². The fourth-order valence-electron chi connectivity index (χ4n) is 2.54. The van der Waals surface area contributed by atoms with Crippen LogP contribution in [0.5, 0.6) is 5.75 Å². The predicted octanol–water partition coefficient (Wildman–Crippen LogP) is 6.98. The Labute approximate surface area is 176 Å². The van der Waals surface area contributed by atoms with Crippen LogP contribution in [-0.2, 0) is 4.79 Å². The van der Waals surface area contributed by atoms with Crippen molar-refractivity contribution < 1.29 is 9.53 Å². The Kier molecular flexibility index (Phi) is 6.38. The van der Waals surface area contributed by atoms with Gasteiger partial charge in [-0.1, -0.05) is 31.2 Å². The SMILES string of the molecule is CCC(C)(C)C(=O)Oc1ccc(/N=N/c2ccc(-c3ccc(C#N)cc3)cc2)cc1. The van der Waals surface area contributed by atoms with Crippen LogP contribution in [0, 0.1) is 16.7 Å². The van der Waals surface area contributed by atoms with Gasteiger partial charge in [-0.3, -0.25) is 4.79 Å². The highest BCUT2D eigenvalue weighted by atomic mass is 16.5. The van der Waals surface area contributed by atoms with Crippen LogP contribution in [0.25, 0.3) is 11.1 Å². The smallest absolute Gasteiger partial charge is 0.316 e. The van der Waals surface area contributed by atoms with Gasteiger partial charge < -0.3 is 4.74 Å². The average Bonchev–Trinajstić information content (AvgIpc) is 2.79. The second kappa shape index (κ2) is 9.15. The number of azo groups is 1. The van der Waals surface area contributed by atoms with Crippen molar-refractivity contribution in [1.82, 2.24) is 0 Å². The number of esters is 1. The fraction of sp³-hybridized carbons (Fsp3) is 0.200. The van der Waals surface area contributed by atoms with Crippen molar-refractivity contribution in [3.8, 4) is 22.9 Å². The summed E-state index contributed by atoms with van der Waals surface area (Å²) in [7, 11) is 0. The highest BCUT2D eigenvalue weighted by Gasteiger charge is 2.27. The number of hydrogen-bond acceptors (Lipinski definition) is 5. The van der Waals surface area contributed by atoms with E-state index in [4.69, 9.17) is 10.00 Å². The van der Waals surface area contributed by atoms with Gasteiger partial charge in [0, 0.05) is 0 Å². The molecule has 0 unspecified atom stereocenters. The lowest BCUT2D eigenvalue weighted by atomic mass is 9.91. The van der Waals surface area contributed by atoms with Crippen LogP contribution >= 0.6 is 0 Å². The van der Waals surface area contributed by atoms with Crippen LogP contribution < -0.4 is 4.74 Å². The summed E-state index contributed by atoms with van der Waals surface area (Å²) >= 11 is 0. The molecule has 0 heterocycles. The summed E-state index contributed by atoms with van der Waals surface area (Å²) in [5.41, 5.74) is 3.60. The first-order valence-corrected chi connectivity index (χ1v) is 9.76. The second-order valence-corrected chi connectivity index (χ2v) is 7.56. The van der Waals surface area contributed by atoms with Crippen molar-refractivity contribution >= 4 is 17.3 Å². The van der Waals surface area contributed by atoms with Crippen molar-refractivity contribution in [2.45, 2.75) is 27.2 Å². The van der Waals surface area contributed by atoms with E-state index in [-0.39, 0.29) is 5.97 Å². The van der Waals surface area contributed by atoms with Gasteiger partial charge in [-0.15, -0.1) is 0 Å².